The van der Waals surface area contributed by atoms with Crippen molar-refractivity contribution in [2.24, 2.45) is 5.73 Å². The van der Waals surface area contributed by atoms with Gasteiger partial charge in [-0.15, -0.1) is 0 Å². The molecule has 2 N–H and O–H groups in total. The molecular formula is C14H21N3OS. The Morgan fingerprint density at radius 1 is 1.53 bits per heavy atom. The van der Waals surface area contributed by atoms with Crippen LogP contribution in [0.25, 0.3) is 0 Å². The van der Waals surface area contributed by atoms with Crippen LogP contribution in [0.2, 0.25) is 0 Å². The molecule has 1 saturated heterocycles. The minimum absolute atomic E-state index is 0.374. The van der Waals surface area contributed by atoms with Gasteiger partial charge in [-0.05, 0) is 38.3 Å². The van der Waals surface area contributed by atoms with Crippen molar-refractivity contribution in [3.05, 3.63) is 23.4 Å². The molecule has 0 saturated carbocycles. The van der Waals surface area contributed by atoms with Crippen LogP contribution in [0.1, 0.15) is 30.9 Å². The largest absolute Gasteiger partial charge is 0.389 e. The molecule has 0 amide bonds. The number of nitrogens with zero attached hydrogens (tertiary/aromatic N) is 2. The molecule has 0 bridgehead atoms. The Labute approximate surface area is 120 Å². The molecule has 2 heterocycles. The molecule has 19 heavy (non-hydrogen) atoms. The number of hydrogen-bond donors (Lipinski definition) is 1. The summed E-state index contributed by atoms with van der Waals surface area (Å²) in [6.07, 6.45) is 4.25. The second-order valence-electron chi connectivity index (χ2n) is 4.83. The molecule has 2 rings (SSSR count). The summed E-state index contributed by atoms with van der Waals surface area (Å²) in [7, 11) is 0. The van der Waals surface area contributed by atoms with Crippen LogP contribution in [0.15, 0.2) is 12.3 Å². The van der Waals surface area contributed by atoms with Crippen LogP contribution in [0.5, 0.6) is 0 Å². The van der Waals surface area contributed by atoms with Crippen LogP contribution >= 0.6 is 12.2 Å². The van der Waals surface area contributed by atoms with E-state index in [-0.39, 0.29) is 0 Å². The summed E-state index contributed by atoms with van der Waals surface area (Å²) in [6, 6.07) is 1.95. The van der Waals surface area contributed by atoms with Crippen LogP contribution in [0.3, 0.4) is 0 Å². The van der Waals surface area contributed by atoms with Crippen molar-refractivity contribution in [3.63, 3.8) is 0 Å². The average Bonchev–Trinajstić information content (AvgIpc) is 2.39. The standard InChI is InChI=1S/C14H21N3OS/c1-3-18-11-5-8-17(9-6-11)14-12(13(15)19)10(2)4-7-16-14/h4,7,11H,3,5-6,8-9H2,1-2H3,(H2,15,19). The molecule has 1 aliphatic rings. The summed E-state index contributed by atoms with van der Waals surface area (Å²) in [4.78, 5) is 7.16. The Hall–Kier alpha value is -1.20. The molecule has 0 spiro atoms. The van der Waals surface area contributed by atoms with E-state index in [9.17, 15) is 0 Å². The number of aryl methyl sites for hydroxylation is 1. The zero-order chi connectivity index (χ0) is 13.8. The summed E-state index contributed by atoms with van der Waals surface area (Å²) in [6.45, 7) is 6.73. The number of pyridine rings is 1. The highest BCUT2D eigenvalue weighted by Crippen LogP contribution is 2.25. The highest BCUT2D eigenvalue weighted by Gasteiger charge is 2.23. The zero-order valence-electron chi connectivity index (χ0n) is 11.6. The van der Waals surface area contributed by atoms with Crippen molar-refractivity contribution in [1.29, 1.82) is 0 Å². The molecule has 104 valence electrons. The summed E-state index contributed by atoms with van der Waals surface area (Å²) in [5, 5.41) is 0. The zero-order valence-corrected chi connectivity index (χ0v) is 12.4. The first-order valence-corrected chi connectivity index (χ1v) is 7.16. The average molecular weight is 279 g/mol. The van der Waals surface area contributed by atoms with Gasteiger partial charge < -0.3 is 15.4 Å². The van der Waals surface area contributed by atoms with Gasteiger partial charge in [0.1, 0.15) is 10.8 Å². The van der Waals surface area contributed by atoms with Crippen LogP contribution < -0.4 is 10.6 Å². The maximum Gasteiger partial charge on any atom is 0.139 e. The van der Waals surface area contributed by atoms with E-state index in [0.717, 1.165) is 49.5 Å². The molecule has 1 aromatic rings. The van der Waals surface area contributed by atoms with E-state index in [1.165, 1.54) is 0 Å². The Morgan fingerprint density at radius 2 is 2.21 bits per heavy atom. The fourth-order valence-electron chi connectivity index (χ4n) is 2.56. The number of hydrogen-bond acceptors (Lipinski definition) is 4. The van der Waals surface area contributed by atoms with Gasteiger partial charge in [0, 0.05) is 25.9 Å². The van der Waals surface area contributed by atoms with E-state index in [1.807, 2.05) is 26.1 Å². The lowest BCUT2D eigenvalue weighted by Gasteiger charge is -2.33. The minimum atomic E-state index is 0.374. The molecule has 0 atom stereocenters. The molecule has 1 aromatic heterocycles. The van der Waals surface area contributed by atoms with Gasteiger partial charge in [0.15, 0.2) is 0 Å². The first-order valence-electron chi connectivity index (χ1n) is 6.75. The van der Waals surface area contributed by atoms with Crippen molar-refractivity contribution in [3.8, 4) is 0 Å². The van der Waals surface area contributed by atoms with Crippen molar-refractivity contribution in [1.82, 2.24) is 4.98 Å². The summed E-state index contributed by atoms with van der Waals surface area (Å²) in [5.74, 6) is 0.919. The molecule has 1 aliphatic heterocycles. The van der Waals surface area contributed by atoms with Crippen LogP contribution in [-0.2, 0) is 4.74 Å². The fraction of sp³-hybridized carbons (Fsp3) is 0.571. The summed E-state index contributed by atoms with van der Waals surface area (Å²) in [5.41, 5.74) is 7.83. The Kier molecular flexibility index (Phi) is 4.71. The smallest absolute Gasteiger partial charge is 0.139 e. The van der Waals surface area contributed by atoms with E-state index >= 15 is 0 Å². The summed E-state index contributed by atoms with van der Waals surface area (Å²) >= 11 is 5.16. The number of anilines is 1. The second-order valence-corrected chi connectivity index (χ2v) is 5.27. The third-order valence-corrected chi connectivity index (χ3v) is 3.73. The second kappa shape index (κ2) is 6.30. The molecule has 0 aromatic carbocycles. The van der Waals surface area contributed by atoms with Gasteiger partial charge in [-0.25, -0.2) is 4.98 Å². The number of aromatic nitrogens is 1. The Balaban J connectivity index is 2.15. The van der Waals surface area contributed by atoms with Gasteiger partial charge in [-0.3, -0.25) is 0 Å². The van der Waals surface area contributed by atoms with Crippen LogP contribution in [-0.4, -0.2) is 35.8 Å². The number of piperidine rings is 1. The topological polar surface area (TPSA) is 51.4 Å². The predicted octanol–water partition coefficient (Wildman–Crippen LogP) is 2.03. The van der Waals surface area contributed by atoms with E-state index in [4.69, 9.17) is 22.7 Å². The maximum absolute atomic E-state index is 5.84. The van der Waals surface area contributed by atoms with Crippen molar-refractivity contribution in [2.45, 2.75) is 32.8 Å². The lowest BCUT2D eigenvalue weighted by molar-refractivity contribution is 0.0458. The van der Waals surface area contributed by atoms with Crippen LogP contribution in [0, 0.1) is 6.92 Å². The first-order chi connectivity index (χ1) is 9.13. The Bertz CT molecular complexity index is 456. The van der Waals surface area contributed by atoms with Crippen molar-refractivity contribution < 1.29 is 4.74 Å². The maximum atomic E-state index is 5.84. The molecule has 0 unspecified atom stereocenters. The van der Waals surface area contributed by atoms with E-state index in [0.29, 0.717) is 11.1 Å². The highest BCUT2D eigenvalue weighted by molar-refractivity contribution is 7.80. The first kappa shape index (κ1) is 14.2. The normalized spacial score (nSPS) is 16.6. The lowest BCUT2D eigenvalue weighted by Crippen LogP contribution is -2.38. The number of thiocarbonyl (C=S) groups is 1. The quantitative estimate of drug-likeness (QED) is 0.855. The van der Waals surface area contributed by atoms with Crippen LogP contribution in [0.4, 0.5) is 5.82 Å². The summed E-state index contributed by atoms with van der Waals surface area (Å²) < 4.78 is 5.67. The monoisotopic (exact) mass is 279 g/mol. The van der Waals surface area contributed by atoms with Gasteiger partial charge in [0.05, 0.1) is 11.7 Å². The molecule has 4 nitrogen and oxygen atoms in total. The minimum Gasteiger partial charge on any atom is -0.389 e. The Morgan fingerprint density at radius 3 is 2.79 bits per heavy atom. The van der Waals surface area contributed by atoms with Gasteiger partial charge >= 0.3 is 0 Å². The number of ether oxygens (including phenoxy) is 1. The van der Waals surface area contributed by atoms with Crippen molar-refractivity contribution in [2.75, 3.05) is 24.6 Å². The van der Waals surface area contributed by atoms with Gasteiger partial charge in [0.25, 0.3) is 0 Å². The van der Waals surface area contributed by atoms with E-state index in [2.05, 4.69) is 9.88 Å². The molecule has 0 radical (unpaired) electrons. The van der Waals surface area contributed by atoms with Gasteiger partial charge in [0.2, 0.25) is 0 Å². The molecule has 1 fully saturated rings. The molecule has 0 aliphatic carbocycles. The third-order valence-electron chi connectivity index (χ3n) is 3.53. The predicted molar refractivity (Wildman–Crippen MR) is 81.7 cm³/mol. The molecular weight excluding hydrogens is 258 g/mol. The SMILES string of the molecule is CCOC1CCN(c2nccc(C)c2C(N)=S)CC1. The van der Waals surface area contributed by atoms with Crippen molar-refractivity contribution >= 4 is 23.0 Å². The number of nitrogens with two attached hydrogens (primary N) is 1. The van der Waals surface area contributed by atoms with E-state index in [1.54, 1.807) is 0 Å². The number of rotatable bonds is 4. The van der Waals surface area contributed by atoms with Gasteiger partial charge in [-0.1, -0.05) is 12.2 Å². The fourth-order valence-corrected chi connectivity index (χ4v) is 2.81. The van der Waals surface area contributed by atoms with E-state index < -0.39 is 0 Å². The van der Waals surface area contributed by atoms with Gasteiger partial charge in [-0.2, -0.15) is 0 Å². The highest BCUT2D eigenvalue weighted by atomic mass is 32.1. The third kappa shape index (κ3) is 3.22. The lowest BCUT2D eigenvalue weighted by atomic mass is 10.1. The molecule has 5 heteroatoms.